The summed E-state index contributed by atoms with van der Waals surface area (Å²) in [6.45, 7) is 2.37. The van der Waals surface area contributed by atoms with Crippen LogP contribution in [0, 0.1) is 0 Å². The van der Waals surface area contributed by atoms with Gasteiger partial charge in [0, 0.05) is 6.07 Å². The maximum Gasteiger partial charge on any atom is 0.309 e. The van der Waals surface area contributed by atoms with Crippen molar-refractivity contribution in [3.63, 3.8) is 0 Å². The molecule has 6 heteroatoms. The summed E-state index contributed by atoms with van der Waals surface area (Å²) in [4.78, 5) is 10.9. The van der Waals surface area contributed by atoms with Crippen molar-refractivity contribution in [1.29, 1.82) is 0 Å². The highest BCUT2D eigenvalue weighted by Crippen LogP contribution is 2.12. The lowest BCUT2D eigenvalue weighted by atomic mass is 10.4. The Bertz CT molecular complexity index is 333. The van der Waals surface area contributed by atoms with E-state index in [1.807, 2.05) is 0 Å². The van der Waals surface area contributed by atoms with E-state index in [-0.39, 0.29) is 24.2 Å². The van der Waals surface area contributed by atoms with Gasteiger partial charge in [0.25, 0.3) is 0 Å². The number of hydrogen-bond donors (Lipinski definition) is 0. The predicted molar refractivity (Wildman–Crippen MR) is 53.8 cm³/mol. The number of nitrogens with zero attached hydrogens (tertiary/aromatic N) is 2. The first-order chi connectivity index (χ1) is 7.22. The van der Waals surface area contributed by atoms with Crippen molar-refractivity contribution in [3.8, 4) is 5.75 Å². The Balaban J connectivity index is 2.28. The van der Waals surface area contributed by atoms with Gasteiger partial charge in [-0.3, -0.25) is 4.79 Å². The van der Waals surface area contributed by atoms with Crippen molar-refractivity contribution < 1.29 is 14.3 Å². The van der Waals surface area contributed by atoms with Gasteiger partial charge in [-0.1, -0.05) is 11.6 Å². The van der Waals surface area contributed by atoms with Crippen LogP contribution in [-0.2, 0) is 9.53 Å². The summed E-state index contributed by atoms with van der Waals surface area (Å²) in [5, 5.41) is 7.40. The minimum Gasteiger partial charge on any atom is -0.491 e. The van der Waals surface area contributed by atoms with Gasteiger partial charge in [0.1, 0.15) is 5.75 Å². The summed E-state index contributed by atoms with van der Waals surface area (Å²) >= 11 is 5.59. The summed E-state index contributed by atoms with van der Waals surface area (Å²) in [6, 6.07) is 1.53. The van der Waals surface area contributed by atoms with Crippen LogP contribution < -0.4 is 4.74 Å². The van der Waals surface area contributed by atoms with Crippen LogP contribution in [0.15, 0.2) is 12.3 Å². The molecule has 0 N–H and O–H groups in total. The van der Waals surface area contributed by atoms with E-state index in [4.69, 9.17) is 21.1 Å². The molecular weight excluding hydrogens is 220 g/mol. The lowest BCUT2D eigenvalue weighted by Crippen LogP contribution is -2.09. The van der Waals surface area contributed by atoms with Crippen LogP contribution in [0.1, 0.15) is 13.3 Å². The van der Waals surface area contributed by atoms with Crippen molar-refractivity contribution in [2.75, 3.05) is 13.2 Å². The molecule has 0 saturated carbocycles. The fourth-order valence-electron chi connectivity index (χ4n) is 0.889. The molecule has 0 aromatic carbocycles. The van der Waals surface area contributed by atoms with Gasteiger partial charge in [-0.15, -0.1) is 5.10 Å². The van der Waals surface area contributed by atoms with E-state index < -0.39 is 0 Å². The molecule has 0 fully saturated rings. The first kappa shape index (κ1) is 11.7. The standard InChI is InChI=1S/C9H11ClN2O3/c1-2-14-9(13)3-4-15-7-5-8(10)12-11-6-7/h5-6H,2-4H2,1H3. The van der Waals surface area contributed by atoms with Gasteiger partial charge in [0.15, 0.2) is 5.15 Å². The van der Waals surface area contributed by atoms with Gasteiger partial charge in [-0.2, -0.15) is 5.10 Å². The third-order valence-electron chi connectivity index (χ3n) is 1.48. The largest absolute Gasteiger partial charge is 0.491 e. The molecule has 1 heterocycles. The summed E-state index contributed by atoms with van der Waals surface area (Å²) in [6.07, 6.45) is 1.63. The van der Waals surface area contributed by atoms with Gasteiger partial charge < -0.3 is 9.47 Å². The molecule has 82 valence electrons. The second-order valence-electron chi connectivity index (χ2n) is 2.62. The summed E-state index contributed by atoms with van der Waals surface area (Å²) < 4.78 is 9.95. The second-order valence-corrected chi connectivity index (χ2v) is 3.00. The Morgan fingerprint density at radius 3 is 3.07 bits per heavy atom. The van der Waals surface area contributed by atoms with Crippen molar-refractivity contribution >= 4 is 17.6 Å². The number of carbonyl (C=O) groups excluding carboxylic acids is 1. The Morgan fingerprint density at radius 2 is 2.40 bits per heavy atom. The number of carbonyl (C=O) groups is 1. The molecule has 0 aliphatic rings. The average Bonchev–Trinajstić information content (AvgIpc) is 2.18. The van der Waals surface area contributed by atoms with Gasteiger partial charge in [-0.05, 0) is 6.92 Å². The van der Waals surface area contributed by atoms with E-state index in [2.05, 4.69) is 10.2 Å². The highest BCUT2D eigenvalue weighted by atomic mass is 35.5. The molecular formula is C9H11ClN2O3. The van der Waals surface area contributed by atoms with E-state index in [0.717, 1.165) is 0 Å². The summed E-state index contributed by atoms with van der Waals surface area (Å²) in [7, 11) is 0. The second kappa shape index (κ2) is 6.19. The van der Waals surface area contributed by atoms with Crippen molar-refractivity contribution in [3.05, 3.63) is 17.4 Å². The Labute approximate surface area is 92.4 Å². The monoisotopic (exact) mass is 230 g/mol. The molecule has 0 saturated heterocycles. The Morgan fingerprint density at radius 1 is 1.60 bits per heavy atom. The first-order valence-electron chi connectivity index (χ1n) is 4.49. The minimum absolute atomic E-state index is 0.202. The first-order valence-corrected chi connectivity index (χ1v) is 4.87. The molecule has 0 amide bonds. The SMILES string of the molecule is CCOC(=O)CCOc1cnnc(Cl)c1. The minimum atomic E-state index is -0.286. The third kappa shape index (κ3) is 4.60. The zero-order valence-electron chi connectivity index (χ0n) is 8.27. The molecule has 0 bridgehead atoms. The van der Waals surface area contributed by atoms with E-state index in [0.29, 0.717) is 12.4 Å². The Hall–Kier alpha value is -1.36. The van der Waals surface area contributed by atoms with Crippen molar-refractivity contribution in [1.82, 2.24) is 10.2 Å². The molecule has 0 radical (unpaired) electrons. The van der Waals surface area contributed by atoms with Gasteiger partial charge >= 0.3 is 5.97 Å². The van der Waals surface area contributed by atoms with Crippen LogP contribution in [-0.4, -0.2) is 29.4 Å². The number of aromatic nitrogens is 2. The highest BCUT2D eigenvalue weighted by Gasteiger charge is 2.02. The number of hydrogen-bond acceptors (Lipinski definition) is 5. The van der Waals surface area contributed by atoms with Crippen LogP contribution in [0.3, 0.4) is 0 Å². The Kier molecular flexibility index (Phi) is 4.83. The topological polar surface area (TPSA) is 61.3 Å². The molecule has 15 heavy (non-hydrogen) atoms. The lowest BCUT2D eigenvalue weighted by molar-refractivity contribution is -0.143. The number of halogens is 1. The van der Waals surface area contributed by atoms with Crippen molar-refractivity contribution in [2.45, 2.75) is 13.3 Å². The highest BCUT2D eigenvalue weighted by molar-refractivity contribution is 6.29. The third-order valence-corrected chi connectivity index (χ3v) is 1.66. The van der Waals surface area contributed by atoms with Gasteiger partial charge in [0.2, 0.25) is 0 Å². The molecule has 5 nitrogen and oxygen atoms in total. The summed E-state index contributed by atoms with van der Waals surface area (Å²) in [5.41, 5.74) is 0. The smallest absolute Gasteiger partial charge is 0.309 e. The molecule has 0 aliphatic carbocycles. The van der Waals surface area contributed by atoms with E-state index in [1.54, 1.807) is 6.92 Å². The number of esters is 1. The average molecular weight is 231 g/mol. The number of ether oxygens (including phenoxy) is 2. The quantitative estimate of drug-likeness (QED) is 0.717. The number of rotatable bonds is 5. The van der Waals surface area contributed by atoms with Crippen LogP contribution >= 0.6 is 11.6 Å². The molecule has 0 atom stereocenters. The van der Waals surface area contributed by atoms with Crippen LogP contribution in [0.25, 0.3) is 0 Å². The fraction of sp³-hybridized carbons (Fsp3) is 0.444. The van der Waals surface area contributed by atoms with Crippen molar-refractivity contribution in [2.24, 2.45) is 0 Å². The van der Waals surface area contributed by atoms with Gasteiger partial charge in [0.05, 0.1) is 25.8 Å². The van der Waals surface area contributed by atoms with E-state index >= 15 is 0 Å². The molecule has 1 rings (SSSR count). The summed E-state index contributed by atoms with van der Waals surface area (Å²) in [5.74, 6) is 0.199. The predicted octanol–water partition coefficient (Wildman–Crippen LogP) is 1.46. The van der Waals surface area contributed by atoms with Crippen LogP contribution in [0.2, 0.25) is 5.15 Å². The van der Waals surface area contributed by atoms with Crippen LogP contribution in [0.5, 0.6) is 5.75 Å². The van der Waals surface area contributed by atoms with Crippen LogP contribution in [0.4, 0.5) is 0 Å². The maximum atomic E-state index is 10.9. The van der Waals surface area contributed by atoms with E-state index in [9.17, 15) is 4.79 Å². The molecule has 0 unspecified atom stereocenters. The maximum absolute atomic E-state index is 10.9. The normalized spacial score (nSPS) is 9.73. The molecule has 1 aromatic heterocycles. The zero-order valence-corrected chi connectivity index (χ0v) is 9.03. The lowest BCUT2D eigenvalue weighted by Gasteiger charge is -2.04. The molecule has 1 aromatic rings. The fourth-order valence-corrected chi connectivity index (χ4v) is 1.04. The molecule has 0 spiro atoms. The van der Waals surface area contributed by atoms with E-state index in [1.165, 1.54) is 12.3 Å². The van der Waals surface area contributed by atoms with Gasteiger partial charge in [-0.25, -0.2) is 0 Å². The molecule has 0 aliphatic heterocycles. The zero-order chi connectivity index (χ0) is 11.1.